The molecule has 6 bridgehead atoms. The van der Waals surface area contributed by atoms with Gasteiger partial charge in [0.1, 0.15) is 12.2 Å². The molecule has 4 unspecified atom stereocenters. The van der Waals surface area contributed by atoms with Gasteiger partial charge in [0.25, 0.3) is 0 Å². The summed E-state index contributed by atoms with van der Waals surface area (Å²) in [5.74, 6) is -14.8. The lowest BCUT2D eigenvalue weighted by Crippen LogP contribution is -2.54. The summed E-state index contributed by atoms with van der Waals surface area (Å²) in [4.78, 5) is 41.4. The second kappa shape index (κ2) is 9.70. The van der Waals surface area contributed by atoms with Crippen molar-refractivity contribution < 1.29 is 79.7 Å². The number of aliphatic hydroxyl groups excluding tert-OH is 2. The van der Waals surface area contributed by atoms with Gasteiger partial charge in [0.05, 0.1) is 23.3 Å². The first-order chi connectivity index (χ1) is 21.1. The van der Waals surface area contributed by atoms with Crippen molar-refractivity contribution in [3.8, 4) is 68.2 Å². The number of carbonyl (C=O) groups excluding carboxylic acids is 3. The highest BCUT2D eigenvalue weighted by atomic mass is 16.6. The summed E-state index contributed by atoms with van der Waals surface area (Å²) in [7, 11) is 0. The Morgan fingerprint density at radius 2 is 1.18 bits per heavy atom. The van der Waals surface area contributed by atoms with Gasteiger partial charge in [-0.25, -0.2) is 14.4 Å². The van der Waals surface area contributed by atoms with Gasteiger partial charge in [0, 0.05) is 39.3 Å². The third-order valence-electron chi connectivity index (χ3n) is 8.45. The Balaban J connectivity index is 1.94. The molecule has 0 fully saturated rings. The van der Waals surface area contributed by atoms with E-state index in [1.54, 1.807) is 0 Å². The molecular formula is C29H24O16. The Hall–Kier alpha value is -5.61. The molecule has 0 saturated carbocycles. The van der Waals surface area contributed by atoms with E-state index in [0.29, 0.717) is 6.07 Å². The SMILES string of the molecule is Cc1c(O)c(O)c2c3c1-c1c(cc(O)c(O)c1O)C(=O)OC(CO)C(O)C(OC3=O)C1OC(=O)c3c-2c(O)c(O)c(O)c3[C@@H]1C. The van der Waals surface area contributed by atoms with Crippen LogP contribution < -0.4 is 0 Å². The van der Waals surface area contributed by atoms with Crippen molar-refractivity contribution in [1.29, 1.82) is 0 Å². The Morgan fingerprint density at radius 1 is 0.622 bits per heavy atom. The number of ether oxygens (including phenoxy) is 3. The van der Waals surface area contributed by atoms with E-state index in [0.717, 1.165) is 6.92 Å². The minimum Gasteiger partial charge on any atom is -0.504 e. The van der Waals surface area contributed by atoms with Crippen molar-refractivity contribution in [1.82, 2.24) is 0 Å². The number of benzene rings is 3. The summed E-state index contributed by atoms with van der Waals surface area (Å²) >= 11 is 0. The fourth-order valence-electron chi connectivity index (χ4n) is 6.23. The lowest BCUT2D eigenvalue weighted by molar-refractivity contribution is -0.131. The monoisotopic (exact) mass is 628 g/mol. The van der Waals surface area contributed by atoms with E-state index in [1.165, 1.54) is 6.92 Å². The molecule has 16 heteroatoms. The maximum Gasteiger partial charge on any atom is 0.340 e. The quantitative estimate of drug-likeness (QED) is 0.102. The van der Waals surface area contributed by atoms with Crippen LogP contribution in [0.15, 0.2) is 6.07 Å². The highest BCUT2D eigenvalue weighted by Crippen LogP contribution is 2.60. The van der Waals surface area contributed by atoms with Crippen LogP contribution in [-0.4, -0.2) is 100.0 Å². The predicted octanol–water partition coefficient (Wildman–Crippen LogP) is 1.05. The first-order valence-corrected chi connectivity index (χ1v) is 13.2. The molecule has 0 aliphatic carbocycles. The summed E-state index contributed by atoms with van der Waals surface area (Å²) in [6.45, 7) is 1.30. The molecule has 3 aromatic rings. The number of aliphatic hydroxyl groups is 2. The summed E-state index contributed by atoms with van der Waals surface area (Å²) < 4.78 is 16.4. The van der Waals surface area contributed by atoms with Crippen LogP contribution in [0.5, 0.6) is 46.0 Å². The Labute approximate surface area is 250 Å². The van der Waals surface area contributed by atoms with Crippen molar-refractivity contribution in [3.63, 3.8) is 0 Å². The number of carbonyl (C=O) groups is 3. The second-order valence-corrected chi connectivity index (χ2v) is 10.8. The molecular weight excluding hydrogens is 604 g/mol. The molecule has 236 valence electrons. The zero-order valence-corrected chi connectivity index (χ0v) is 23.1. The van der Waals surface area contributed by atoms with E-state index in [1.807, 2.05) is 0 Å². The van der Waals surface area contributed by atoms with Crippen molar-refractivity contribution in [2.45, 2.75) is 44.2 Å². The average Bonchev–Trinajstić information content (AvgIpc) is 3.01. The molecule has 0 aromatic heterocycles. The maximum absolute atomic E-state index is 14.2. The molecule has 0 radical (unpaired) electrons. The predicted molar refractivity (Wildman–Crippen MR) is 144 cm³/mol. The minimum absolute atomic E-state index is 0.401. The zero-order chi connectivity index (χ0) is 33.0. The normalized spacial score (nSPS) is 23.5. The molecule has 3 aromatic carbocycles. The number of rotatable bonds is 1. The van der Waals surface area contributed by atoms with Gasteiger partial charge >= 0.3 is 17.9 Å². The standard InChI is InChI=1S/C29H24O16/c1-5-10-12-7(3-8(31)18(33)21(12)36)27(40)43-9(4-30)19(34)26-25-6(2)11-16(29(42)44-25)14(23(38)24(39)20(11)35)13(22(37)17(5)32)15(10)28(41)45-26/h3,6,9,19,25-26,30-39H,4H2,1-2H3/t6-,9?,19?,25?,26?/m0/s1. The fourth-order valence-corrected chi connectivity index (χ4v) is 6.23. The molecule has 45 heavy (non-hydrogen) atoms. The highest BCUT2D eigenvalue weighted by molar-refractivity contribution is 6.15. The van der Waals surface area contributed by atoms with Crippen LogP contribution in [0.2, 0.25) is 0 Å². The minimum atomic E-state index is -2.18. The average molecular weight is 628 g/mol. The van der Waals surface area contributed by atoms with Crippen LogP contribution in [0.25, 0.3) is 22.3 Å². The molecule has 4 aliphatic heterocycles. The Bertz CT molecular complexity index is 1880. The molecule has 5 atom stereocenters. The van der Waals surface area contributed by atoms with Crippen LogP contribution in [0, 0.1) is 6.92 Å². The van der Waals surface area contributed by atoms with Gasteiger partial charge in [-0.15, -0.1) is 0 Å². The smallest absolute Gasteiger partial charge is 0.340 e. The maximum atomic E-state index is 14.2. The molecule has 7 rings (SSSR count). The van der Waals surface area contributed by atoms with Gasteiger partial charge in [-0.1, -0.05) is 6.92 Å². The van der Waals surface area contributed by atoms with Crippen molar-refractivity contribution in [3.05, 3.63) is 33.9 Å². The van der Waals surface area contributed by atoms with Crippen LogP contribution in [0.4, 0.5) is 0 Å². The number of hydrogen-bond donors (Lipinski definition) is 10. The topological polar surface area (TPSA) is 281 Å². The number of phenols is 8. The lowest BCUT2D eigenvalue weighted by atomic mass is 9.77. The summed E-state index contributed by atoms with van der Waals surface area (Å²) in [5, 5.41) is 108. The van der Waals surface area contributed by atoms with Gasteiger partial charge in [-0.2, -0.15) is 0 Å². The van der Waals surface area contributed by atoms with Crippen molar-refractivity contribution in [2.24, 2.45) is 0 Å². The van der Waals surface area contributed by atoms with E-state index in [-0.39, 0.29) is 0 Å². The van der Waals surface area contributed by atoms with Gasteiger partial charge in [-0.05, 0) is 13.0 Å². The van der Waals surface area contributed by atoms with Crippen LogP contribution >= 0.6 is 0 Å². The highest BCUT2D eigenvalue weighted by Gasteiger charge is 2.52. The second-order valence-electron chi connectivity index (χ2n) is 10.8. The first-order valence-electron chi connectivity index (χ1n) is 13.2. The van der Waals surface area contributed by atoms with Crippen LogP contribution in [0.1, 0.15) is 55.0 Å². The molecule has 0 amide bonds. The van der Waals surface area contributed by atoms with E-state index in [4.69, 9.17) is 14.2 Å². The number of fused-ring (bicyclic) bond motifs is 3. The van der Waals surface area contributed by atoms with E-state index < -0.39 is 151 Å². The van der Waals surface area contributed by atoms with E-state index >= 15 is 0 Å². The van der Waals surface area contributed by atoms with Gasteiger partial charge < -0.3 is 65.3 Å². The van der Waals surface area contributed by atoms with Crippen molar-refractivity contribution >= 4 is 17.9 Å². The van der Waals surface area contributed by atoms with Crippen LogP contribution in [-0.2, 0) is 14.2 Å². The lowest BCUT2D eigenvalue weighted by Gasteiger charge is -2.40. The van der Waals surface area contributed by atoms with Gasteiger partial charge in [0.15, 0.2) is 46.7 Å². The Morgan fingerprint density at radius 3 is 1.82 bits per heavy atom. The fraction of sp³-hybridized carbons (Fsp3) is 0.276. The summed E-state index contributed by atoms with van der Waals surface area (Å²) in [6.07, 6.45) is -7.85. The number of aromatic hydroxyl groups is 8. The molecule has 0 spiro atoms. The molecule has 4 heterocycles. The van der Waals surface area contributed by atoms with Crippen molar-refractivity contribution in [2.75, 3.05) is 6.61 Å². The number of phenolic OH excluding ortho intramolecular Hbond substituents is 8. The molecule has 0 saturated heterocycles. The number of esters is 3. The molecule has 16 nitrogen and oxygen atoms in total. The molecule has 10 N–H and O–H groups in total. The number of cyclic esters (lactones) is 1. The van der Waals surface area contributed by atoms with Gasteiger partial charge in [-0.3, -0.25) is 0 Å². The summed E-state index contributed by atoms with van der Waals surface area (Å²) in [5.41, 5.74) is -6.46. The van der Waals surface area contributed by atoms with E-state index in [9.17, 15) is 65.4 Å². The Kier molecular flexibility index (Phi) is 6.35. The first kappa shape index (κ1) is 29.5. The zero-order valence-electron chi connectivity index (χ0n) is 23.1. The van der Waals surface area contributed by atoms with Gasteiger partial charge in [0.2, 0.25) is 11.5 Å². The van der Waals surface area contributed by atoms with E-state index in [2.05, 4.69) is 0 Å². The third kappa shape index (κ3) is 3.75. The largest absolute Gasteiger partial charge is 0.504 e. The third-order valence-corrected chi connectivity index (χ3v) is 8.45. The van der Waals surface area contributed by atoms with Crippen LogP contribution in [0.3, 0.4) is 0 Å². The molecule has 4 aliphatic rings. The summed E-state index contributed by atoms with van der Waals surface area (Å²) in [6, 6.07) is 0.613. The number of hydrogen-bond acceptors (Lipinski definition) is 16.